The number of sulfonamides is 1. The lowest BCUT2D eigenvalue weighted by atomic mass is 10.1. The molecule has 0 bridgehead atoms. The molecule has 0 spiro atoms. The Morgan fingerprint density at radius 3 is 2.76 bits per heavy atom. The van der Waals surface area contributed by atoms with E-state index in [1.165, 1.54) is 12.1 Å². The van der Waals surface area contributed by atoms with E-state index in [1.807, 2.05) is 0 Å². The number of carbonyl (C=O) groups is 1. The van der Waals surface area contributed by atoms with Crippen molar-refractivity contribution in [3.63, 3.8) is 0 Å². The summed E-state index contributed by atoms with van der Waals surface area (Å²) < 4.78 is 30.7. The fraction of sp³-hybridized carbons (Fsp3) is 0.308. The molecule has 0 radical (unpaired) electrons. The van der Waals surface area contributed by atoms with E-state index in [-0.39, 0.29) is 24.7 Å². The average molecular weight is 312 g/mol. The van der Waals surface area contributed by atoms with E-state index in [0.29, 0.717) is 11.1 Å². The number of carbonyl (C=O) groups excluding carboxylic acids is 1. The van der Waals surface area contributed by atoms with Crippen molar-refractivity contribution in [1.29, 1.82) is 0 Å². The maximum Gasteiger partial charge on any atom is 0.404 e. The molecular weight excluding hydrogens is 296 g/mol. The van der Waals surface area contributed by atoms with Gasteiger partial charge in [0, 0.05) is 12.1 Å². The summed E-state index contributed by atoms with van der Waals surface area (Å²) in [7, 11) is -3.70. The number of primary amides is 1. The number of aliphatic hydroxyl groups is 1. The maximum atomic E-state index is 12.0. The van der Waals surface area contributed by atoms with Gasteiger partial charge in [-0.1, -0.05) is 11.8 Å². The quantitative estimate of drug-likeness (QED) is 0.510. The number of hydrogen-bond donors (Lipinski definition) is 3. The van der Waals surface area contributed by atoms with Crippen molar-refractivity contribution in [2.75, 3.05) is 19.8 Å². The molecule has 1 amide bonds. The fourth-order valence-electron chi connectivity index (χ4n) is 1.49. The summed E-state index contributed by atoms with van der Waals surface area (Å²) in [6, 6.07) is 4.44. The van der Waals surface area contributed by atoms with Crippen LogP contribution in [-0.2, 0) is 14.8 Å². The predicted molar refractivity (Wildman–Crippen MR) is 75.9 cm³/mol. The van der Waals surface area contributed by atoms with Crippen LogP contribution in [0.2, 0.25) is 0 Å². The van der Waals surface area contributed by atoms with Crippen molar-refractivity contribution in [1.82, 2.24) is 4.72 Å². The molecule has 114 valence electrons. The van der Waals surface area contributed by atoms with E-state index in [2.05, 4.69) is 21.3 Å². The largest absolute Gasteiger partial charge is 0.448 e. The molecule has 8 heteroatoms. The summed E-state index contributed by atoms with van der Waals surface area (Å²) in [5.74, 6) is 5.22. The van der Waals surface area contributed by atoms with Crippen LogP contribution in [0.5, 0.6) is 0 Å². The Kier molecular flexibility index (Phi) is 6.17. The van der Waals surface area contributed by atoms with E-state index >= 15 is 0 Å². The molecule has 1 rings (SSSR count). The van der Waals surface area contributed by atoms with Gasteiger partial charge >= 0.3 is 6.09 Å². The minimum atomic E-state index is -3.70. The molecule has 1 aromatic carbocycles. The second-order valence-corrected chi connectivity index (χ2v) is 5.77. The van der Waals surface area contributed by atoms with Gasteiger partial charge in [-0.05, 0) is 30.7 Å². The molecule has 4 N–H and O–H groups in total. The highest BCUT2D eigenvalue weighted by atomic mass is 32.2. The zero-order chi connectivity index (χ0) is 15.9. The molecule has 0 aliphatic carbocycles. The Hall–Kier alpha value is -2.08. The fourth-order valence-corrected chi connectivity index (χ4v) is 2.59. The SMILES string of the molecule is Cc1cc(S(=O)(=O)NCCOC(N)=O)ccc1C#CCO. The summed E-state index contributed by atoms with van der Waals surface area (Å²) in [5.41, 5.74) is 6.07. The number of benzene rings is 1. The second kappa shape index (κ2) is 7.64. The molecule has 0 aliphatic heterocycles. The number of ether oxygens (including phenoxy) is 1. The molecule has 0 unspecified atom stereocenters. The molecule has 21 heavy (non-hydrogen) atoms. The highest BCUT2D eigenvalue weighted by Gasteiger charge is 2.14. The van der Waals surface area contributed by atoms with Crippen LogP contribution in [0.15, 0.2) is 23.1 Å². The zero-order valence-electron chi connectivity index (χ0n) is 11.4. The molecule has 1 aromatic rings. The lowest BCUT2D eigenvalue weighted by molar-refractivity contribution is 0.159. The second-order valence-electron chi connectivity index (χ2n) is 4.00. The number of hydrogen-bond acceptors (Lipinski definition) is 5. The van der Waals surface area contributed by atoms with Crippen LogP contribution in [0, 0.1) is 18.8 Å². The third-order valence-corrected chi connectivity index (χ3v) is 3.91. The van der Waals surface area contributed by atoms with Crippen molar-refractivity contribution >= 4 is 16.1 Å². The summed E-state index contributed by atoms with van der Waals surface area (Å²) in [5, 5.41) is 8.64. The number of rotatable bonds is 5. The smallest absolute Gasteiger partial charge is 0.404 e. The molecule has 0 saturated carbocycles. The van der Waals surface area contributed by atoms with Crippen molar-refractivity contribution in [2.45, 2.75) is 11.8 Å². The summed E-state index contributed by atoms with van der Waals surface area (Å²) in [6.45, 7) is 1.24. The standard InChI is InChI=1S/C13H16N2O5S/c1-10-9-12(5-4-11(10)3-2-7-16)21(18,19)15-6-8-20-13(14)17/h4-5,9,15-16H,6-8H2,1H3,(H2,14,17). The van der Waals surface area contributed by atoms with Gasteiger partial charge in [0.2, 0.25) is 10.0 Å². The van der Waals surface area contributed by atoms with Crippen LogP contribution in [0.4, 0.5) is 4.79 Å². The van der Waals surface area contributed by atoms with E-state index < -0.39 is 16.1 Å². The zero-order valence-corrected chi connectivity index (χ0v) is 12.2. The maximum absolute atomic E-state index is 12.0. The molecule has 0 heterocycles. The van der Waals surface area contributed by atoms with Crippen molar-refractivity contribution in [3.8, 4) is 11.8 Å². The Morgan fingerprint density at radius 2 is 2.19 bits per heavy atom. The normalized spacial score (nSPS) is 10.6. The first-order valence-corrected chi connectivity index (χ1v) is 7.47. The third kappa shape index (κ3) is 5.43. The highest BCUT2D eigenvalue weighted by molar-refractivity contribution is 7.89. The van der Waals surface area contributed by atoms with Gasteiger partial charge in [0.15, 0.2) is 0 Å². The Balaban J connectivity index is 2.79. The van der Waals surface area contributed by atoms with E-state index in [4.69, 9.17) is 10.8 Å². The molecule has 0 fully saturated rings. The van der Waals surface area contributed by atoms with Crippen LogP contribution >= 0.6 is 0 Å². The van der Waals surface area contributed by atoms with Gasteiger partial charge in [0.25, 0.3) is 0 Å². The average Bonchev–Trinajstić information content (AvgIpc) is 2.42. The van der Waals surface area contributed by atoms with Crippen LogP contribution in [-0.4, -0.2) is 39.4 Å². The van der Waals surface area contributed by atoms with E-state index in [1.54, 1.807) is 13.0 Å². The van der Waals surface area contributed by atoms with Crippen molar-refractivity contribution in [2.24, 2.45) is 5.73 Å². The number of aliphatic hydroxyl groups excluding tert-OH is 1. The van der Waals surface area contributed by atoms with Gasteiger partial charge in [-0.3, -0.25) is 0 Å². The van der Waals surface area contributed by atoms with Gasteiger partial charge in [-0.2, -0.15) is 0 Å². The molecule has 7 nitrogen and oxygen atoms in total. The third-order valence-electron chi connectivity index (χ3n) is 2.45. The minimum Gasteiger partial charge on any atom is -0.448 e. The minimum absolute atomic E-state index is 0.0730. The lowest BCUT2D eigenvalue weighted by Gasteiger charge is -2.08. The van der Waals surface area contributed by atoms with Gasteiger partial charge in [-0.25, -0.2) is 17.9 Å². The van der Waals surface area contributed by atoms with Crippen LogP contribution in [0.1, 0.15) is 11.1 Å². The highest BCUT2D eigenvalue weighted by Crippen LogP contribution is 2.14. The summed E-state index contributed by atoms with van der Waals surface area (Å²) >= 11 is 0. The van der Waals surface area contributed by atoms with Crippen molar-refractivity contribution in [3.05, 3.63) is 29.3 Å². The first-order chi connectivity index (χ1) is 9.86. The van der Waals surface area contributed by atoms with E-state index in [0.717, 1.165) is 0 Å². The Morgan fingerprint density at radius 1 is 1.48 bits per heavy atom. The first kappa shape index (κ1) is 17.0. The Labute approximate surface area is 123 Å². The lowest BCUT2D eigenvalue weighted by Crippen LogP contribution is -2.29. The van der Waals surface area contributed by atoms with Gasteiger partial charge < -0.3 is 15.6 Å². The number of nitrogens with two attached hydrogens (primary N) is 1. The van der Waals surface area contributed by atoms with Gasteiger partial charge in [-0.15, -0.1) is 0 Å². The van der Waals surface area contributed by atoms with Gasteiger partial charge in [0.05, 0.1) is 4.90 Å². The van der Waals surface area contributed by atoms with Crippen LogP contribution in [0.25, 0.3) is 0 Å². The van der Waals surface area contributed by atoms with Gasteiger partial charge in [0.1, 0.15) is 13.2 Å². The molecule has 0 aromatic heterocycles. The monoisotopic (exact) mass is 312 g/mol. The topological polar surface area (TPSA) is 119 Å². The van der Waals surface area contributed by atoms with E-state index in [9.17, 15) is 13.2 Å². The van der Waals surface area contributed by atoms with Crippen LogP contribution in [0.3, 0.4) is 0 Å². The predicted octanol–water partition coefficient (Wildman–Crippen LogP) is -0.288. The van der Waals surface area contributed by atoms with Crippen molar-refractivity contribution < 1.29 is 23.1 Å². The molecule has 0 aliphatic rings. The molecule has 0 atom stereocenters. The molecular formula is C13H16N2O5S. The Bertz CT molecular complexity index is 674. The number of nitrogens with one attached hydrogen (secondary N) is 1. The van der Waals surface area contributed by atoms with Crippen LogP contribution < -0.4 is 10.5 Å². The molecule has 0 saturated heterocycles. The summed E-state index contributed by atoms with van der Waals surface area (Å²) in [6.07, 6.45) is -0.961. The number of amides is 1. The summed E-state index contributed by atoms with van der Waals surface area (Å²) in [4.78, 5) is 10.4. The first-order valence-electron chi connectivity index (χ1n) is 5.99. The number of aryl methyl sites for hydroxylation is 1.